The van der Waals surface area contributed by atoms with Gasteiger partial charge in [0.1, 0.15) is 10.7 Å². The van der Waals surface area contributed by atoms with E-state index in [2.05, 4.69) is 41.2 Å². The number of hydrogen-bond donors (Lipinski definition) is 2. The lowest BCUT2D eigenvalue weighted by Gasteiger charge is -2.11. The highest BCUT2D eigenvalue weighted by atomic mass is 79.9. The first-order chi connectivity index (χ1) is 9.53. The van der Waals surface area contributed by atoms with Crippen LogP contribution in [0.3, 0.4) is 0 Å². The van der Waals surface area contributed by atoms with Gasteiger partial charge in [0, 0.05) is 23.4 Å². The van der Waals surface area contributed by atoms with Crippen molar-refractivity contribution in [3.8, 4) is 0 Å². The van der Waals surface area contributed by atoms with Crippen LogP contribution in [0, 0.1) is 0 Å². The summed E-state index contributed by atoms with van der Waals surface area (Å²) in [6.07, 6.45) is 2.99. The fourth-order valence-electron chi connectivity index (χ4n) is 1.47. The minimum absolute atomic E-state index is 0.0411. The Bertz CT molecular complexity index is 693. The van der Waals surface area contributed by atoms with Crippen LogP contribution in [0.5, 0.6) is 0 Å². The number of anilines is 2. The molecule has 106 valence electrons. The van der Waals surface area contributed by atoms with Gasteiger partial charge in [-0.05, 0) is 41.1 Å². The summed E-state index contributed by atoms with van der Waals surface area (Å²) in [4.78, 5) is 4.10. The third-order valence-corrected chi connectivity index (χ3v) is 4.07. The Kier molecular flexibility index (Phi) is 4.50. The molecule has 7 nitrogen and oxygen atoms in total. The molecule has 0 saturated carbocycles. The summed E-state index contributed by atoms with van der Waals surface area (Å²) in [5.74, 6) is 0.432. The molecule has 0 bridgehead atoms. The zero-order valence-corrected chi connectivity index (χ0v) is 12.9. The molecule has 2 heterocycles. The number of pyridine rings is 1. The highest BCUT2D eigenvalue weighted by Gasteiger charge is 2.20. The molecular weight excluding hydrogens is 346 g/mol. The minimum atomic E-state index is -3.80. The largest absolute Gasteiger partial charge is 0.369 e. The van der Waals surface area contributed by atoms with Crippen LogP contribution in [0.2, 0.25) is 0 Å². The van der Waals surface area contributed by atoms with Crippen molar-refractivity contribution in [3.05, 3.63) is 35.1 Å². The van der Waals surface area contributed by atoms with E-state index in [0.29, 0.717) is 11.0 Å². The van der Waals surface area contributed by atoms with Crippen molar-refractivity contribution in [2.24, 2.45) is 0 Å². The van der Waals surface area contributed by atoms with Crippen molar-refractivity contribution in [1.29, 1.82) is 0 Å². The van der Waals surface area contributed by atoms with Gasteiger partial charge in [0.15, 0.2) is 5.82 Å². The highest BCUT2D eigenvalue weighted by Crippen LogP contribution is 2.24. The lowest BCUT2D eigenvalue weighted by atomic mass is 10.4. The molecule has 0 aliphatic heterocycles. The summed E-state index contributed by atoms with van der Waals surface area (Å²) in [5.41, 5.74) is 0. The standard InChI is InChI=1S/C11H12BrN5O2S/c1-2-13-11-9(6-8(12)7-14-11)20(18,19)17-10-4-3-5-15-16-10/h3-7H,2H2,1H3,(H,13,14)(H,16,17). The van der Waals surface area contributed by atoms with Crippen molar-refractivity contribution < 1.29 is 8.42 Å². The molecule has 0 radical (unpaired) electrons. The predicted octanol–water partition coefficient (Wildman–Crippen LogP) is 1.87. The van der Waals surface area contributed by atoms with Crippen LogP contribution in [0.25, 0.3) is 0 Å². The van der Waals surface area contributed by atoms with Crippen molar-refractivity contribution in [1.82, 2.24) is 15.2 Å². The van der Waals surface area contributed by atoms with Crippen LogP contribution >= 0.6 is 15.9 Å². The van der Waals surface area contributed by atoms with Crippen LogP contribution in [0.15, 0.2) is 40.0 Å². The topological polar surface area (TPSA) is 96.9 Å². The second-order valence-electron chi connectivity index (χ2n) is 3.75. The van der Waals surface area contributed by atoms with Crippen molar-refractivity contribution in [2.75, 3.05) is 16.6 Å². The summed E-state index contributed by atoms with van der Waals surface area (Å²) >= 11 is 3.21. The van der Waals surface area contributed by atoms with Crippen molar-refractivity contribution >= 4 is 37.6 Å². The predicted molar refractivity (Wildman–Crippen MR) is 78.9 cm³/mol. The first-order valence-electron chi connectivity index (χ1n) is 5.73. The molecule has 0 aromatic carbocycles. The molecule has 20 heavy (non-hydrogen) atoms. The number of aromatic nitrogens is 3. The van der Waals surface area contributed by atoms with Crippen LogP contribution in [-0.4, -0.2) is 30.1 Å². The lowest BCUT2D eigenvalue weighted by molar-refractivity contribution is 0.600. The molecule has 0 unspecified atom stereocenters. The van der Waals surface area contributed by atoms with Gasteiger partial charge in [-0.15, -0.1) is 5.10 Å². The van der Waals surface area contributed by atoms with Gasteiger partial charge in [0.2, 0.25) is 0 Å². The van der Waals surface area contributed by atoms with E-state index in [1.807, 2.05) is 6.92 Å². The van der Waals surface area contributed by atoms with Gasteiger partial charge >= 0.3 is 0 Å². The van der Waals surface area contributed by atoms with Crippen LogP contribution < -0.4 is 10.0 Å². The molecule has 0 aliphatic carbocycles. The maximum absolute atomic E-state index is 12.4. The number of hydrogen-bond acceptors (Lipinski definition) is 6. The smallest absolute Gasteiger partial charge is 0.266 e. The van der Waals surface area contributed by atoms with Gasteiger partial charge < -0.3 is 5.32 Å². The summed E-state index contributed by atoms with van der Waals surface area (Å²) in [6.45, 7) is 2.42. The number of nitrogens with one attached hydrogen (secondary N) is 2. The molecule has 0 fully saturated rings. The van der Waals surface area contributed by atoms with Gasteiger partial charge in [0.05, 0.1) is 0 Å². The van der Waals surface area contributed by atoms with Gasteiger partial charge in [-0.25, -0.2) is 13.4 Å². The van der Waals surface area contributed by atoms with E-state index in [4.69, 9.17) is 0 Å². The maximum Gasteiger partial charge on any atom is 0.266 e. The Hall–Kier alpha value is -1.74. The fourth-order valence-corrected chi connectivity index (χ4v) is 3.11. The van der Waals surface area contributed by atoms with Gasteiger partial charge in [-0.3, -0.25) is 4.72 Å². The zero-order valence-electron chi connectivity index (χ0n) is 10.5. The molecule has 0 aliphatic rings. The van der Waals surface area contributed by atoms with E-state index in [1.165, 1.54) is 24.5 Å². The first kappa shape index (κ1) is 14.7. The molecule has 2 aromatic heterocycles. The number of nitrogens with zero attached hydrogens (tertiary/aromatic N) is 3. The maximum atomic E-state index is 12.4. The number of halogens is 1. The quantitative estimate of drug-likeness (QED) is 0.847. The normalized spacial score (nSPS) is 11.1. The van der Waals surface area contributed by atoms with E-state index in [1.54, 1.807) is 6.07 Å². The van der Waals surface area contributed by atoms with Crippen LogP contribution in [0.4, 0.5) is 11.6 Å². The Labute approximate surface area is 125 Å². The Balaban J connectivity index is 2.41. The second-order valence-corrected chi connectivity index (χ2v) is 6.31. The molecule has 0 atom stereocenters. The summed E-state index contributed by atoms with van der Waals surface area (Å²) in [5, 5.41) is 10.2. The molecule has 2 rings (SSSR count). The average molecular weight is 358 g/mol. The van der Waals surface area contributed by atoms with Crippen molar-refractivity contribution in [2.45, 2.75) is 11.8 Å². The minimum Gasteiger partial charge on any atom is -0.369 e. The van der Waals surface area contributed by atoms with E-state index in [0.717, 1.165) is 0 Å². The van der Waals surface area contributed by atoms with Gasteiger partial charge in [-0.1, -0.05) is 0 Å². The number of rotatable bonds is 5. The average Bonchev–Trinajstić information content (AvgIpc) is 2.41. The molecule has 9 heteroatoms. The van der Waals surface area contributed by atoms with Gasteiger partial charge in [0.25, 0.3) is 10.0 Å². The Morgan fingerprint density at radius 2 is 2.20 bits per heavy atom. The first-order valence-corrected chi connectivity index (χ1v) is 8.00. The van der Waals surface area contributed by atoms with Crippen molar-refractivity contribution in [3.63, 3.8) is 0 Å². The molecule has 0 amide bonds. The monoisotopic (exact) mass is 357 g/mol. The second kappa shape index (κ2) is 6.14. The molecule has 2 N–H and O–H groups in total. The lowest BCUT2D eigenvalue weighted by Crippen LogP contribution is -2.17. The molecule has 0 spiro atoms. The van der Waals surface area contributed by atoms with Gasteiger partial charge in [-0.2, -0.15) is 5.10 Å². The Morgan fingerprint density at radius 3 is 2.85 bits per heavy atom. The number of sulfonamides is 1. The third kappa shape index (κ3) is 3.42. The third-order valence-electron chi connectivity index (χ3n) is 2.26. The van der Waals surface area contributed by atoms with Crippen LogP contribution in [-0.2, 0) is 10.0 Å². The van der Waals surface area contributed by atoms with E-state index >= 15 is 0 Å². The van der Waals surface area contributed by atoms with E-state index in [-0.39, 0.29) is 16.5 Å². The zero-order chi connectivity index (χ0) is 14.6. The SMILES string of the molecule is CCNc1ncc(Br)cc1S(=O)(=O)Nc1cccnn1. The Morgan fingerprint density at radius 1 is 1.40 bits per heavy atom. The van der Waals surface area contributed by atoms with E-state index < -0.39 is 10.0 Å². The summed E-state index contributed by atoms with van der Waals surface area (Å²) in [6, 6.07) is 4.59. The van der Waals surface area contributed by atoms with E-state index in [9.17, 15) is 8.42 Å². The van der Waals surface area contributed by atoms with Crippen LogP contribution in [0.1, 0.15) is 6.92 Å². The molecule has 2 aromatic rings. The summed E-state index contributed by atoms with van der Waals surface area (Å²) < 4.78 is 27.7. The fraction of sp³-hybridized carbons (Fsp3) is 0.182. The molecule has 0 saturated heterocycles. The summed E-state index contributed by atoms with van der Waals surface area (Å²) in [7, 11) is -3.80. The molecular formula is C11H12BrN5O2S. The highest BCUT2D eigenvalue weighted by molar-refractivity contribution is 9.10.